The fourth-order valence-corrected chi connectivity index (χ4v) is 1.81. The molecule has 8 nitrogen and oxygen atoms in total. The number of urea groups is 1. The lowest BCUT2D eigenvalue weighted by Crippen LogP contribution is -2.47. The fraction of sp³-hybridized carbons (Fsp3) is 0.400. The smallest absolute Gasteiger partial charge is 0.326 e. The maximum atomic E-state index is 11.7. The molecule has 0 saturated heterocycles. The van der Waals surface area contributed by atoms with E-state index in [0.29, 0.717) is 5.69 Å². The van der Waals surface area contributed by atoms with Crippen molar-refractivity contribution >= 4 is 29.3 Å². The number of carbonyl (C=O) groups excluding carboxylic acids is 1. The van der Waals surface area contributed by atoms with Gasteiger partial charge in [-0.3, -0.25) is 4.79 Å². The topological polar surface area (TPSA) is 120 Å². The first kappa shape index (κ1) is 14.9. The summed E-state index contributed by atoms with van der Waals surface area (Å²) in [5, 5.41) is 21.3. The third kappa shape index (κ3) is 4.92. The van der Waals surface area contributed by atoms with E-state index in [-0.39, 0.29) is 6.54 Å². The SMILES string of the molecule is CN(Cc1cscn1)C(=O)N[C@@H](CC(=O)O)C(=O)O. The zero-order valence-corrected chi connectivity index (χ0v) is 10.9. The number of thiazole rings is 1. The Morgan fingerprint density at radius 3 is 2.63 bits per heavy atom. The van der Waals surface area contributed by atoms with Crippen LogP contribution < -0.4 is 5.32 Å². The number of aliphatic carboxylic acids is 2. The number of rotatable bonds is 6. The highest BCUT2D eigenvalue weighted by molar-refractivity contribution is 7.07. The molecule has 0 aromatic carbocycles. The van der Waals surface area contributed by atoms with Crippen LogP contribution in [0.3, 0.4) is 0 Å². The second kappa shape index (κ2) is 6.69. The van der Waals surface area contributed by atoms with E-state index in [4.69, 9.17) is 10.2 Å². The van der Waals surface area contributed by atoms with Crippen LogP contribution in [0.25, 0.3) is 0 Å². The second-order valence-electron chi connectivity index (χ2n) is 3.77. The molecule has 2 amide bonds. The number of carbonyl (C=O) groups is 3. The van der Waals surface area contributed by atoms with Crippen molar-refractivity contribution in [2.24, 2.45) is 0 Å². The lowest BCUT2D eigenvalue weighted by molar-refractivity contribution is -0.145. The number of carboxylic acid groups (broad SMARTS) is 2. The molecule has 1 aromatic heterocycles. The van der Waals surface area contributed by atoms with Gasteiger partial charge >= 0.3 is 18.0 Å². The van der Waals surface area contributed by atoms with Crippen LogP contribution in [0.1, 0.15) is 12.1 Å². The maximum absolute atomic E-state index is 11.7. The molecule has 0 bridgehead atoms. The molecule has 1 atom stereocenters. The van der Waals surface area contributed by atoms with Gasteiger partial charge in [0.1, 0.15) is 6.04 Å². The summed E-state index contributed by atoms with van der Waals surface area (Å²) in [6, 6.07) is -2.12. The fourth-order valence-electron chi connectivity index (χ4n) is 1.26. The Bertz CT molecular complexity index is 462. The van der Waals surface area contributed by atoms with Gasteiger partial charge in [0.05, 0.1) is 24.2 Å². The zero-order chi connectivity index (χ0) is 14.4. The number of hydrogen-bond donors (Lipinski definition) is 3. The van der Waals surface area contributed by atoms with Gasteiger partial charge in [0.2, 0.25) is 0 Å². The van der Waals surface area contributed by atoms with Gasteiger partial charge in [-0.05, 0) is 0 Å². The van der Waals surface area contributed by atoms with Crippen LogP contribution in [-0.2, 0) is 16.1 Å². The molecule has 0 aliphatic rings. The molecule has 0 spiro atoms. The molecule has 0 saturated carbocycles. The highest BCUT2D eigenvalue weighted by Gasteiger charge is 2.24. The van der Waals surface area contributed by atoms with Crippen molar-refractivity contribution in [1.82, 2.24) is 15.2 Å². The van der Waals surface area contributed by atoms with Crippen LogP contribution in [0.4, 0.5) is 4.79 Å². The normalized spacial score (nSPS) is 11.6. The Balaban J connectivity index is 2.56. The van der Waals surface area contributed by atoms with E-state index in [1.54, 1.807) is 10.9 Å². The van der Waals surface area contributed by atoms with E-state index in [1.165, 1.54) is 23.3 Å². The summed E-state index contributed by atoms with van der Waals surface area (Å²) in [5.41, 5.74) is 2.29. The average Bonchev–Trinajstić information content (AvgIpc) is 2.79. The average molecular weight is 287 g/mol. The highest BCUT2D eigenvalue weighted by Crippen LogP contribution is 2.04. The number of nitrogens with zero attached hydrogens (tertiary/aromatic N) is 2. The minimum atomic E-state index is -1.46. The van der Waals surface area contributed by atoms with Gasteiger partial charge in [-0.25, -0.2) is 14.6 Å². The quantitative estimate of drug-likeness (QED) is 0.688. The summed E-state index contributed by atoms with van der Waals surface area (Å²) in [6.07, 6.45) is -0.675. The van der Waals surface area contributed by atoms with E-state index in [0.717, 1.165) is 0 Å². The lowest BCUT2D eigenvalue weighted by atomic mass is 10.2. The van der Waals surface area contributed by atoms with Crippen LogP contribution in [0.2, 0.25) is 0 Å². The molecule has 1 aromatic rings. The van der Waals surface area contributed by atoms with Gasteiger partial charge in [-0.1, -0.05) is 0 Å². The van der Waals surface area contributed by atoms with Crippen LogP contribution >= 0.6 is 11.3 Å². The van der Waals surface area contributed by atoms with Crippen LogP contribution in [0, 0.1) is 0 Å². The van der Waals surface area contributed by atoms with Crippen molar-refractivity contribution in [3.63, 3.8) is 0 Å². The molecule has 1 heterocycles. The summed E-state index contributed by atoms with van der Waals surface area (Å²) in [5.74, 6) is -2.69. The standard InChI is InChI=1S/C10H13N3O5S/c1-13(3-6-4-19-5-11-6)10(18)12-7(9(16)17)2-8(14)15/h4-5,7H,2-3H2,1H3,(H,12,18)(H,14,15)(H,16,17)/t7-/m0/s1. The molecule has 0 fully saturated rings. The van der Waals surface area contributed by atoms with E-state index >= 15 is 0 Å². The van der Waals surface area contributed by atoms with Crippen LogP contribution in [0.5, 0.6) is 0 Å². The van der Waals surface area contributed by atoms with E-state index in [9.17, 15) is 14.4 Å². The zero-order valence-electron chi connectivity index (χ0n) is 10.1. The summed E-state index contributed by atoms with van der Waals surface area (Å²) in [6.45, 7) is 0.217. The monoisotopic (exact) mass is 287 g/mol. The third-order valence-corrected chi connectivity index (χ3v) is 2.84. The van der Waals surface area contributed by atoms with Crippen LogP contribution in [-0.4, -0.2) is 51.2 Å². The summed E-state index contributed by atoms with van der Waals surface area (Å²) in [7, 11) is 1.47. The van der Waals surface area contributed by atoms with Crippen molar-refractivity contribution in [3.8, 4) is 0 Å². The van der Waals surface area contributed by atoms with Gasteiger partial charge in [0.25, 0.3) is 0 Å². The molecular formula is C10H13N3O5S. The van der Waals surface area contributed by atoms with Crippen molar-refractivity contribution in [2.45, 2.75) is 19.0 Å². The lowest BCUT2D eigenvalue weighted by Gasteiger charge is -2.19. The van der Waals surface area contributed by atoms with E-state index < -0.39 is 30.4 Å². The van der Waals surface area contributed by atoms with Gasteiger partial charge in [0, 0.05) is 12.4 Å². The van der Waals surface area contributed by atoms with Gasteiger partial charge in [-0.15, -0.1) is 11.3 Å². The van der Waals surface area contributed by atoms with Gasteiger partial charge in [-0.2, -0.15) is 0 Å². The first-order chi connectivity index (χ1) is 8.90. The Labute approximate surface area is 112 Å². The predicted octanol–water partition coefficient (Wildman–Crippen LogP) is 0.212. The van der Waals surface area contributed by atoms with Crippen LogP contribution in [0.15, 0.2) is 10.9 Å². The summed E-state index contributed by atoms with van der Waals surface area (Å²) < 4.78 is 0. The van der Waals surface area contributed by atoms with Crippen molar-refractivity contribution in [1.29, 1.82) is 0 Å². The molecular weight excluding hydrogens is 274 g/mol. The minimum Gasteiger partial charge on any atom is -0.481 e. The summed E-state index contributed by atoms with van der Waals surface area (Å²) in [4.78, 5) is 38.2. The molecule has 0 radical (unpaired) electrons. The highest BCUT2D eigenvalue weighted by atomic mass is 32.1. The number of nitrogens with one attached hydrogen (secondary N) is 1. The molecule has 9 heteroatoms. The Kier molecular flexibility index (Phi) is 5.24. The number of carboxylic acids is 2. The van der Waals surface area contributed by atoms with Crippen molar-refractivity contribution in [2.75, 3.05) is 7.05 Å². The molecule has 0 unspecified atom stereocenters. The molecule has 19 heavy (non-hydrogen) atoms. The predicted molar refractivity (Wildman–Crippen MR) is 65.8 cm³/mol. The first-order valence-electron chi connectivity index (χ1n) is 5.23. The first-order valence-corrected chi connectivity index (χ1v) is 6.17. The molecule has 0 aliphatic carbocycles. The number of amides is 2. The van der Waals surface area contributed by atoms with Crippen molar-refractivity contribution < 1.29 is 24.6 Å². The Morgan fingerprint density at radius 1 is 1.47 bits per heavy atom. The van der Waals surface area contributed by atoms with E-state index in [1.807, 2.05) is 0 Å². The maximum Gasteiger partial charge on any atom is 0.326 e. The van der Waals surface area contributed by atoms with Gasteiger partial charge in [0.15, 0.2) is 0 Å². The minimum absolute atomic E-state index is 0.217. The largest absolute Gasteiger partial charge is 0.481 e. The van der Waals surface area contributed by atoms with E-state index in [2.05, 4.69) is 10.3 Å². The molecule has 0 aliphatic heterocycles. The van der Waals surface area contributed by atoms with Crippen molar-refractivity contribution in [3.05, 3.63) is 16.6 Å². The Hall–Kier alpha value is -2.16. The summed E-state index contributed by atoms with van der Waals surface area (Å²) >= 11 is 1.38. The second-order valence-corrected chi connectivity index (χ2v) is 4.49. The number of hydrogen-bond acceptors (Lipinski definition) is 5. The molecule has 3 N–H and O–H groups in total. The van der Waals surface area contributed by atoms with Gasteiger partial charge < -0.3 is 20.4 Å². The molecule has 104 valence electrons. The third-order valence-electron chi connectivity index (χ3n) is 2.20. The number of aromatic nitrogens is 1. The Morgan fingerprint density at radius 2 is 2.16 bits per heavy atom. The molecule has 1 rings (SSSR count).